The summed E-state index contributed by atoms with van der Waals surface area (Å²) >= 11 is 1.13. The van der Waals surface area contributed by atoms with Gasteiger partial charge in [0.25, 0.3) is 0 Å². The maximum Gasteiger partial charge on any atom is 0.358 e. The van der Waals surface area contributed by atoms with E-state index in [-0.39, 0.29) is 11.5 Å². The zero-order valence-electron chi connectivity index (χ0n) is 10.5. The van der Waals surface area contributed by atoms with Gasteiger partial charge in [-0.15, -0.1) is 11.3 Å². The average molecular weight is 286 g/mol. The van der Waals surface area contributed by atoms with Crippen molar-refractivity contribution < 1.29 is 14.3 Å². The van der Waals surface area contributed by atoms with Crippen molar-refractivity contribution in [3.63, 3.8) is 0 Å². The molecule has 0 aliphatic heterocycles. The van der Waals surface area contributed by atoms with Crippen molar-refractivity contribution in [2.75, 3.05) is 7.11 Å². The molecule has 0 radical (unpaired) electrons. The van der Waals surface area contributed by atoms with Crippen molar-refractivity contribution in [3.05, 3.63) is 52.1 Å². The Balaban J connectivity index is 2.10. The Bertz CT molecular complexity index is 803. The van der Waals surface area contributed by atoms with Crippen molar-refractivity contribution in [1.29, 1.82) is 0 Å². The van der Waals surface area contributed by atoms with E-state index in [1.807, 2.05) is 24.3 Å². The van der Waals surface area contributed by atoms with E-state index in [9.17, 15) is 9.59 Å². The first-order valence-corrected chi connectivity index (χ1v) is 6.73. The van der Waals surface area contributed by atoms with Crippen LogP contribution in [0.1, 0.15) is 25.7 Å². The van der Waals surface area contributed by atoms with Crippen molar-refractivity contribution in [2.45, 2.75) is 0 Å². The molecule has 6 heteroatoms. The van der Waals surface area contributed by atoms with Gasteiger partial charge in [-0.2, -0.15) is 0 Å². The summed E-state index contributed by atoms with van der Waals surface area (Å²) in [6.07, 6.45) is 1.65. The Morgan fingerprint density at radius 2 is 2.10 bits per heavy atom. The number of rotatable bonds is 3. The molecule has 0 saturated heterocycles. The van der Waals surface area contributed by atoms with E-state index in [4.69, 9.17) is 0 Å². The number of ether oxygens (including phenoxy) is 1. The quantitative estimate of drug-likeness (QED) is 0.593. The van der Waals surface area contributed by atoms with Gasteiger partial charge < -0.3 is 9.72 Å². The number of nitrogens with zero attached hydrogens (tertiary/aromatic N) is 1. The standard InChI is InChI=1S/C14H10N2O3S/c1-19-14(18)11-13(20-7-16-11)12(17)9-6-15-10-5-3-2-4-8(9)10/h2-7,15H,1H3. The van der Waals surface area contributed by atoms with Gasteiger partial charge in [0, 0.05) is 22.7 Å². The lowest BCUT2D eigenvalue weighted by Gasteiger charge is -1.99. The lowest BCUT2D eigenvalue weighted by atomic mass is 10.1. The van der Waals surface area contributed by atoms with Gasteiger partial charge in [-0.1, -0.05) is 18.2 Å². The predicted octanol–water partition coefficient (Wildman–Crippen LogP) is 2.64. The van der Waals surface area contributed by atoms with Crippen LogP contribution in [0.3, 0.4) is 0 Å². The highest BCUT2D eigenvalue weighted by Crippen LogP contribution is 2.24. The van der Waals surface area contributed by atoms with Crippen molar-refractivity contribution >= 4 is 34.0 Å². The highest BCUT2D eigenvalue weighted by Gasteiger charge is 2.24. The number of fused-ring (bicyclic) bond motifs is 1. The van der Waals surface area contributed by atoms with Crippen LogP contribution < -0.4 is 0 Å². The molecule has 20 heavy (non-hydrogen) atoms. The minimum absolute atomic E-state index is 0.0628. The third-order valence-corrected chi connectivity index (χ3v) is 3.81. The molecule has 3 aromatic rings. The average Bonchev–Trinajstić information content (AvgIpc) is 3.12. The summed E-state index contributed by atoms with van der Waals surface area (Å²) in [5.74, 6) is -0.834. The van der Waals surface area contributed by atoms with Crippen LogP contribution in [0, 0.1) is 0 Å². The largest absolute Gasteiger partial charge is 0.464 e. The first-order valence-electron chi connectivity index (χ1n) is 5.85. The van der Waals surface area contributed by atoms with Crippen LogP contribution in [0.15, 0.2) is 36.0 Å². The number of ketones is 1. The Morgan fingerprint density at radius 3 is 2.90 bits per heavy atom. The number of carbonyl (C=O) groups is 2. The zero-order chi connectivity index (χ0) is 14.1. The molecule has 1 aromatic carbocycles. The number of hydrogen-bond acceptors (Lipinski definition) is 5. The molecule has 0 aliphatic rings. The fraction of sp³-hybridized carbons (Fsp3) is 0.0714. The number of nitrogens with one attached hydrogen (secondary N) is 1. The normalized spacial score (nSPS) is 10.7. The van der Waals surface area contributed by atoms with Crippen LogP contribution in [0.25, 0.3) is 10.9 Å². The Morgan fingerprint density at radius 1 is 1.30 bits per heavy atom. The van der Waals surface area contributed by atoms with E-state index in [0.29, 0.717) is 10.4 Å². The monoisotopic (exact) mass is 286 g/mol. The van der Waals surface area contributed by atoms with Gasteiger partial charge in [-0.3, -0.25) is 4.79 Å². The number of methoxy groups -OCH3 is 1. The van der Waals surface area contributed by atoms with Gasteiger partial charge in [0.05, 0.1) is 12.6 Å². The summed E-state index contributed by atoms with van der Waals surface area (Å²) in [5.41, 5.74) is 2.93. The number of esters is 1. The van der Waals surface area contributed by atoms with Crippen LogP contribution in [0.5, 0.6) is 0 Å². The number of thiazole rings is 1. The molecule has 0 unspecified atom stereocenters. The number of aromatic nitrogens is 2. The van der Waals surface area contributed by atoms with Gasteiger partial charge in [0.1, 0.15) is 4.88 Å². The van der Waals surface area contributed by atoms with Crippen LogP contribution >= 0.6 is 11.3 Å². The molecule has 0 atom stereocenters. The van der Waals surface area contributed by atoms with Gasteiger partial charge >= 0.3 is 5.97 Å². The van der Waals surface area contributed by atoms with E-state index in [0.717, 1.165) is 22.2 Å². The number of carbonyl (C=O) groups excluding carboxylic acids is 2. The number of benzene rings is 1. The summed E-state index contributed by atoms with van der Waals surface area (Å²) in [4.78, 5) is 31.4. The molecule has 1 N–H and O–H groups in total. The molecule has 0 aliphatic carbocycles. The lowest BCUT2D eigenvalue weighted by molar-refractivity contribution is 0.0592. The maximum absolute atomic E-state index is 12.6. The first kappa shape index (κ1) is 12.6. The van der Waals surface area contributed by atoms with Crippen LogP contribution in [-0.4, -0.2) is 28.8 Å². The van der Waals surface area contributed by atoms with E-state index in [2.05, 4.69) is 14.7 Å². The molecular weight excluding hydrogens is 276 g/mol. The molecule has 2 heterocycles. The fourth-order valence-corrected chi connectivity index (χ4v) is 2.76. The minimum Gasteiger partial charge on any atom is -0.464 e. The second-order valence-electron chi connectivity index (χ2n) is 4.10. The highest BCUT2D eigenvalue weighted by molar-refractivity contribution is 7.12. The summed E-state index contributed by atoms with van der Waals surface area (Å²) in [5, 5.41) is 0.821. The SMILES string of the molecule is COC(=O)c1ncsc1C(=O)c1c[nH]c2ccccc12. The Kier molecular flexibility index (Phi) is 3.08. The molecule has 2 aromatic heterocycles. The third-order valence-electron chi connectivity index (χ3n) is 2.99. The summed E-state index contributed by atoms with van der Waals surface area (Å²) in [7, 11) is 1.27. The van der Waals surface area contributed by atoms with Crippen LogP contribution in [0.2, 0.25) is 0 Å². The molecule has 100 valence electrons. The number of hydrogen-bond donors (Lipinski definition) is 1. The van der Waals surface area contributed by atoms with Crippen molar-refractivity contribution in [3.8, 4) is 0 Å². The van der Waals surface area contributed by atoms with Crippen LogP contribution in [0.4, 0.5) is 0 Å². The molecule has 0 spiro atoms. The van der Waals surface area contributed by atoms with Crippen LogP contribution in [-0.2, 0) is 4.74 Å². The molecular formula is C14H10N2O3S. The maximum atomic E-state index is 12.6. The second kappa shape index (κ2) is 4.90. The molecule has 0 amide bonds. The Hall–Kier alpha value is -2.47. The number of para-hydroxylation sites is 1. The zero-order valence-corrected chi connectivity index (χ0v) is 11.4. The van der Waals surface area contributed by atoms with Crippen molar-refractivity contribution in [1.82, 2.24) is 9.97 Å². The number of aromatic amines is 1. The fourth-order valence-electron chi connectivity index (χ4n) is 2.03. The number of H-pyrrole nitrogens is 1. The predicted molar refractivity (Wildman–Crippen MR) is 75.2 cm³/mol. The Labute approximate surface area is 118 Å². The van der Waals surface area contributed by atoms with E-state index < -0.39 is 5.97 Å². The molecule has 5 nitrogen and oxygen atoms in total. The highest BCUT2D eigenvalue weighted by atomic mass is 32.1. The van der Waals surface area contributed by atoms with Gasteiger partial charge in [0.2, 0.25) is 5.78 Å². The lowest BCUT2D eigenvalue weighted by Crippen LogP contribution is -2.09. The van der Waals surface area contributed by atoms with Gasteiger partial charge in [-0.25, -0.2) is 9.78 Å². The summed E-state index contributed by atoms with van der Waals surface area (Å²) < 4.78 is 4.64. The van der Waals surface area contributed by atoms with Gasteiger partial charge in [-0.05, 0) is 6.07 Å². The summed E-state index contributed by atoms with van der Waals surface area (Å²) in [6.45, 7) is 0. The molecule has 0 saturated carbocycles. The van der Waals surface area contributed by atoms with Gasteiger partial charge in [0.15, 0.2) is 5.69 Å². The topological polar surface area (TPSA) is 72.0 Å². The van der Waals surface area contributed by atoms with E-state index >= 15 is 0 Å². The van der Waals surface area contributed by atoms with Crippen molar-refractivity contribution in [2.24, 2.45) is 0 Å². The third kappa shape index (κ3) is 1.90. The first-order chi connectivity index (χ1) is 9.72. The second-order valence-corrected chi connectivity index (χ2v) is 4.95. The van der Waals surface area contributed by atoms with E-state index in [1.165, 1.54) is 12.6 Å². The smallest absolute Gasteiger partial charge is 0.358 e. The molecule has 0 bridgehead atoms. The molecule has 0 fully saturated rings. The molecule has 3 rings (SSSR count). The minimum atomic E-state index is -0.602. The van der Waals surface area contributed by atoms with E-state index in [1.54, 1.807) is 6.20 Å². The summed E-state index contributed by atoms with van der Waals surface area (Å²) in [6, 6.07) is 7.50.